The number of anilines is 1. The van der Waals surface area contributed by atoms with E-state index in [1.54, 1.807) is 16.9 Å². The lowest BCUT2D eigenvalue weighted by molar-refractivity contribution is -0.136. The Labute approximate surface area is 182 Å². The molecule has 2 saturated heterocycles. The summed E-state index contributed by atoms with van der Waals surface area (Å²) in [5, 5.41) is 7.83. The van der Waals surface area contributed by atoms with E-state index in [9.17, 15) is 4.79 Å². The minimum Gasteiger partial charge on any atom is -0.381 e. The van der Waals surface area contributed by atoms with Crippen LogP contribution in [0.1, 0.15) is 36.4 Å². The summed E-state index contributed by atoms with van der Waals surface area (Å²) in [7, 11) is 6.13. The largest absolute Gasteiger partial charge is 0.381 e. The molecule has 0 aliphatic carbocycles. The smallest absolute Gasteiger partial charge is 0.228 e. The number of nitrogens with one attached hydrogen (secondary N) is 1. The van der Waals surface area contributed by atoms with Crippen LogP contribution < -0.4 is 10.8 Å². The van der Waals surface area contributed by atoms with Gasteiger partial charge in [0.05, 0.1) is 12.5 Å². The van der Waals surface area contributed by atoms with Crippen LogP contribution in [0.25, 0.3) is 5.65 Å². The average molecular weight is 416 g/mol. The fourth-order valence-corrected chi connectivity index (χ4v) is 4.41. The molecule has 2 aliphatic heterocycles. The van der Waals surface area contributed by atoms with E-state index in [-0.39, 0.29) is 17.7 Å². The van der Waals surface area contributed by atoms with Crippen molar-refractivity contribution in [3.05, 3.63) is 48.0 Å². The van der Waals surface area contributed by atoms with Crippen LogP contribution in [0, 0.1) is 5.92 Å². The number of nitrogens with zero attached hydrogens (tertiary/aromatic N) is 5. The van der Waals surface area contributed by atoms with Crippen molar-refractivity contribution in [2.45, 2.75) is 31.7 Å². The second-order valence-electron chi connectivity index (χ2n) is 8.28. The van der Waals surface area contributed by atoms with Crippen LogP contribution in [0.5, 0.6) is 0 Å². The predicted octanol–water partition coefficient (Wildman–Crippen LogP) is 1.27. The SMILES string of the molecule is [B]c1cnn2c(NCc3cccnc3)cc(C3CCN(C(=O)C4CCOC4)CC3)nc12. The minimum atomic E-state index is 0.0286. The second kappa shape index (κ2) is 8.67. The molecule has 0 bridgehead atoms. The van der Waals surface area contributed by atoms with Gasteiger partial charge in [0, 0.05) is 62.5 Å². The third-order valence-electron chi connectivity index (χ3n) is 6.22. The monoisotopic (exact) mass is 416 g/mol. The van der Waals surface area contributed by atoms with Crippen LogP contribution in [0.2, 0.25) is 0 Å². The first-order valence-corrected chi connectivity index (χ1v) is 10.8. The number of fused-ring (bicyclic) bond motifs is 1. The minimum absolute atomic E-state index is 0.0286. The van der Waals surface area contributed by atoms with Crippen LogP contribution in [0.4, 0.5) is 5.82 Å². The highest BCUT2D eigenvalue weighted by atomic mass is 16.5. The molecule has 0 aromatic carbocycles. The molecule has 1 atom stereocenters. The normalized spacial score (nSPS) is 19.7. The van der Waals surface area contributed by atoms with E-state index >= 15 is 0 Å². The molecule has 31 heavy (non-hydrogen) atoms. The summed E-state index contributed by atoms with van der Waals surface area (Å²) in [6.07, 6.45) is 7.84. The number of aromatic nitrogens is 4. The Balaban J connectivity index is 1.32. The molecule has 0 spiro atoms. The highest BCUT2D eigenvalue weighted by Crippen LogP contribution is 2.30. The van der Waals surface area contributed by atoms with E-state index in [1.165, 1.54) is 0 Å². The number of hydrogen-bond donors (Lipinski definition) is 1. The van der Waals surface area contributed by atoms with Crippen molar-refractivity contribution in [3.8, 4) is 0 Å². The summed E-state index contributed by atoms with van der Waals surface area (Å²) in [6, 6.07) is 6.00. The highest BCUT2D eigenvalue weighted by Gasteiger charge is 2.31. The maximum atomic E-state index is 12.7. The van der Waals surface area contributed by atoms with E-state index in [1.807, 2.05) is 23.2 Å². The first-order valence-electron chi connectivity index (χ1n) is 10.8. The van der Waals surface area contributed by atoms with Gasteiger partial charge in [0.2, 0.25) is 5.91 Å². The first-order chi connectivity index (χ1) is 15.2. The standard InChI is InChI=1S/C22H25BN6O2/c23-18-13-26-29-20(25-12-15-2-1-6-24-11-15)10-19(27-21(18)29)16-3-7-28(8-4-16)22(30)17-5-9-31-14-17/h1-2,6,10-11,13,16-17,25H,3-5,7-9,12,14H2. The lowest BCUT2D eigenvalue weighted by Crippen LogP contribution is -2.41. The average Bonchev–Trinajstić information content (AvgIpc) is 3.48. The van der Waals surface area contributed by atoms with Gasteiger partial charge < -0.3 is 15.0 Å². The Morgan fingerprint density at radius 3 is 2.87 bits per heavy atom. The third-order valence-corrected chi connectivity index (χ3v) is 6.22. The van der Waals surface area contributed by atoms with Crippen molar-refractivity contribution in [1.29, 1.82) is 0 Å². The summed E-state index contributed by atoms with van der Waals surface area (Å²) in [4.78, 5) is 23.7. The molecule has 8 nitrogen and oxygen atoms in total. The summed E-state index contributed by atoms with van der Waals surface area (Å²) < 4.78 is 7.13. The van der Waals surface area contributed by atoms with Gasteiger partial charge in [-0.15, -0.1) is 0 Å². The van der Waals surface area contributed by atoms with E-state index in [0.717, 1.165) is 49.4 Å². The van der Waals surface area contributed by atoms with Crippen LogP contribution in [-0.2, 0) is 16.1 Å². The Bertz CT molecular complexity index is 1060. The molecule has 2 aliphatic rings. The van der Waals surface area contributed by atoms with E-state index in [2.05, 4.69) is 21.5 Å². The van der Waals surface area contributed by atoms with E-state index in [0.29, 0.717) is 30.9 Å². The number of piperidine rings is 1. The summed E-state index contributed by atoms with van der Waals surface area (Å²) >= 11 is 0. The van der Waals surface area contributed by atoms with Gasteiger partial charge in [-0.25, -0.2) is 4.98 Å². The number of carbonyl (C=O) groups is 1. The highest BCUT2D eigenvalue weighted by molar-refractivity contribution is 6.36. The number of amides is 1. The molecule has 2 radical (unpaired) electrons. The Morgan fingerprint density at radius 2 is 2.13 bits per heavy atom. The van der Waals surface area contributed by atoms with Gasteiger partial charge in [0.15, 0.2) is 0 Å². The van der Waals surface area contributed by atoms with Gasteiger partial charge in [-0.05, 0) is 36.4 Å². The maximum Gasteiger partial charge on any atom is 0.228 e. The molecule has 9 heteroatoms. The zero-order valence-corrected chi connectivity index (χ0v) is 17.4. The lowest BCUT2D eigenvalue weighted by atomic mass is 9.92. The fourth-order valence-electron chi connectivity index (χ4n) is 4.41. The summed E-state index contributed by atoms with van der Waals surface area (Å²) in [6.45, 7) is 3.38. The molecule has 1 unspecified atom stereocenters. The summed E-state index contributed by atoms with van der Waals surface area (Å²) in [5.74, 6) is 1.39. The van der Waals surface area contributed by atoms with Crippen molar-refractivity contribution >= 4 is 30.7 Å². The topological polar surface area (TPSA) is 84.7 Å². The van der Waals surface area contributed by atoms with Gasteiger partial charge in [-0.1, -0.05) is 6.07 Å². The molecule has 3 aromatic rings. The molecule has 158 valence electrons. The maximum absolute atomic E-state index is 12.7. The van der Waals surface area contributed by atoms with Crippen LogP contribution >= 0.6 is 0 Å². The van der Waals surface area contributed by atoms with Gasteiger partial charge in [-0.3, -0.25) is 9.78 Å². The molecule has 1 amide bonds. The first kappa shape index (κ1) is 20.0. The lowest BCUT2D eigenvalue weighted by Gasteiger charge is -2.33. The van der Waals surface area contributed by atoms with Gasteiger partial charge in [0.1, 0.15) is 19.3 Å². The fraction of sp³-hybridized carbons (Fsp3) is 0.455. The number of hydrogen-bond acceptors (Lipinski definition) is 6. The quantitative estimate of drug-likeness (QED) is 0.631. The molecule has 5 rings (SSSR count). The third kappa shape index (κ3) is 4.14. The molecule has 2 fully saturated rings. The van der Waals surface area contributed by atoms with Crippen molar-refractivity contribution < 1.29 is 9.53 Å². The Kier molecular flexibility index (Phi) is 5.59. The van der Waals surface area contributed by atoms with E-state index < -0.39 is 0 Å². The molecule has 3 aromatic heterocycles. The van der Waals surface area contributed by atoms with Crippen molar-refractivity contribution in [1.82, 2.24) is 24.5 Å². The van der Waals surface area contributed by atoms with E-state index in [4.69, 9.17) is 17.6 Å². The number of likely N-dealkylation sites (tertiary alicyclic amines) is 1. The predicted molar refractivity (Wildman–Crippen MR) is 117 cm³/mol. The van der Waals surface area contributed by atoms with Crippen molar-refractivity contribution in [2.75, 3.05) is 31.6 Å². The molecule has 0 saturated carbocycles. The van der Waals surface area contributed by atoms with Gasteiger partial charge in [-0.2, -0.15) is 9.61 Å². The Hall–Kier alpha value is -2.94. The zero-order chi connectivity index (χ0) is 21.2. The van der Waals surface area contributed by atoms with Crippen LogP contribution in [0.15, 0.2) is 36.8 Å². The van der Waals surface area contributed by atoms with Gasteiger partial charge in [0.25, 0.3) is 0 Å². The number of pyridine rings is 1. The second-order valence-corrected chi connectivity index (χ2v) is 8.28. The molecule has 5 heterocycles. The van der Waals surface area contributed by atoms with Crippen LogP contribution in [0.3, 0.4) is 0 Å². The number of rotatable bonds is 5. The molecular weight excluding hydrogens is 391 g/mol. The number of carbonyl (C=O) groups excluding carboxylic acids is 1. The van der Waals surface area contributed by atoms with Crippen molar-refractivity contribution in [2.24, 2.45) is 5.92 Å². The number of ether oxygens (including phenoxy) is 1. The summed E-state index contributed by atoms with van der Waals surface area (Å²) in [5.41, 5.74) is 3.29. The van der Waals surface area contributed by atoms with Gasteiger partial charge >= 0.3 is 0 Å². The van der Waals surface area contributed by atoms with Crippen LogP contribution in [-0.4, -0.2) is 64.5 Å². The zero-order valence-electron chi connectivity index (χ0n) is 17.4. The molecular formula is C22H25BN6O2. The Morgan fingerprint density at radius 1 is 1.26 bits per heavy atom. The van der Waals surface area contributed by atoms with Crippen molar-refractivity contribution in [3.63, 3.8) is 0 Å². The molecule has 1 N–H and O–H groups in total.